The minimum absolute atomic E-state index is 0.0105. The van der Waals surface area contributed by atoms with Gasteiger partial charge in [0.2, 0.25) is 0 Å². The van der Waals surface area contributed by atoms with Crippen LogP contribution in [0.25, 0.3) is 0 Å². The number of rotatable bonds is 9. The third kappa shape index (κ3) is 5.70. The summed E-state index contributed by atoms with van der Waals surface area (Å²) >= 11 is 0. The fourth-order valence-corrected chi connectivity index (χ4v) is 4.18. The molecule has 0 heterocycles. The molecule has 1 aromatic carbocycles. The smallest absolute Gasteiger partial charge is 0.150 e. The maximum absolute atomic E-state index is 12.1. The molecule has 0 saturated heterocycles. The molecular weight excluding hydrogens is 284 g/mol. The summed E-state index contributed by atoms with van der Waals surface area (Å²) in [6.07, 6.45) is 4.20. The van der Waals surface area contributed by atoms with E-state index < -0.39 is 9.84 Å². The van der Waals surface area contributed by atoms with E-state index >= 15 is 0 Å². The van der Waals surface area contributed by atoms with Crippen molar-refractivity contribution in [2.24, 2.45) is 5.92 Å². The molecule has 1 aliphatic rings. The van der Waals surface area contributed by atoms with Gasteiger partial charge in [-0.15, -0.1) is 0 Å². The van der Waals surface area contributed by atoms with Crippen LogP contribution < -0.4 is 4.74 Å². The molecule has 1 atom stereocenters. The summed E-state index contributed by atoms with van der Waals surface area (Å²) in [6, 6.07) is 7.88. The van der Waals surface area contributed by atoms with Crippen molar-refractivity contribution in [1.29, 1.82) is 0 Å². The molecule has 0 radical (unpaired) electrons. The van der Waals surface area contributed by atoms with E-state index in [1.54, 1.807) is 0 Å². The van der Waals surface area contributed by atoms with Crippen molar-refractivity contribution in [3.8, 4) is 5.75 Å². The highest BCUT2D eigenvalue weighted by Crippen LogP contribution is 2.30. The van der Waals surface area contributed by atoms with Crippen LogP contribution in [0.15, 0.2) is 24.3 Å². The largest absolute Gasteiger partial charge is 0.493 e. The summed E-state index contributed by atoms with van der Waals surface area (Å²) in [5.41, 5.74) is 1.04. The molecule has 0 amide bonds. The maximum Gasteiger partial charge on any atom is 0.150 e. The van der Waals surface area contributed by atoms with Crippen molar-refractivity contribution in [2.75, 3.05) is 18.1 Å². The zero-order valence-electron chi connectivity index (χ0n) is 13.0. The van der Waals surface area contributed by atoms with E-state index in [1.807, 2.05) is 38.1 Å². The molecule has 4 heteroatoms. The Bertz CT molecular complexity index is 547. The first-order chi connectivity index (χ1) is 10.00. The molecule has 0 aromatic heterocycles. The molecule has 1 saturated carbocycles. The average molecular weight is 310 g/mol. The Kier molecular flexibility index (Phi) is 5.68. The highest BCUT2D eigenvalue weighted by molar-refractivity contribution is 7.91. The summed E-state index contributed by atoms with van der Waals surface area (Å²) in [6.45, 7) is 4.77. The lowest BCUT2D eigenvalue weighted by molar-refractivity contribution is 0.299. The van der Waals surface area contributed by atoms with Crippen LogP contribution in [0.4, 0.5) is 0 Å². The second-order valence-corrected chi connectivity index (χ2v) is 8.42. The summed E-state index contributed by atoms with van der Waals surface area (Å²) in [7, 11) is -2.96. The van der Waals surface area contributed by atoms with E-state index in [1.165, 1.54) is 12.8 Å². The molecule has 2 rings (SSSR count). The van der Waals surface area contributed by atoms with Gasteiger partial charge in [0.1, 0.15) is 5.75 Å². The number of sulfone groups is 1. The second kappa shape index (κ2) is 7.30. The van der Waals surface area contributed by atoms with E-state index in [0.717, 1.165) is 36.7 Å². The Morgan fingerprint density at radius 1 is 1.33 bits per heavy atom. The van der Waals surface area contributed by atoms with Crippen LogP contribution >= 0.6 is 0 Å². The minimum Gasteiger partial charge on any atom is -0.493 e. The van der Waals surface area contributed by atoms with Gasteiger partial charge in [-0.1, -0.05) is 32.4 Å². The molecule has 1 fully saturated rings. The molecule has 1 aliphatic carbocycles. The van der Waals surface area contributed by atoms with Crippen LogP contribution in [0, 0.1) is 5.92 Å². The number of ether oxygens (including phenoxy) is 1. The van der Waals surface area contributed by atoms with Gasteiger partial charge in [-0.2, -0.15) is 0 Å². The monoisotopic (exact) mass is 310 g/mol. The third-order valence-electron chi connectivity index (χ3n) is 3.92. The van der Waals surface area contributed by atoms with Gasteiger partial charge in [0.15, 0.2) is 9.84 Å². The predicted octanol–water partition coefficient (Wildman–Crippen LogP) is 3.79. The lowest BCUT2D eigenvalue weighted by Crippen LogP contribution is -2.16. The van der Waals surface area contributed by atoms with E-state index in [0.29, 0.717) is 5.75 Å². The van der Waals surface area contributed by atoms with Gasteiger partial charge in [-0.05, 0) is 48.8 Å². The Morgan fingerprint density at radius 3 is 2.76 bits per heavy atom. The zero-order chi connectivity index (χ0) is 15.3. The van der Waals surface area contributed by atoms with E-state index in [-0.39, 0.29) is 11.7 Å². The number of benzene rings is 1. The predicted molar refractivity (Wildman–Crippen MR) is 86.6 cm³/mol. The van der Waals surface area contributed by atoms with E-state index in [9.17, 15) is 8.42 Å². The molecule has 0 unspecified atom stereocenters. The van der Waals surface area contributed by atoms with Crippen molar-refractivity contribution in [3.05, 3.63) is 29.8 Å². The standard InChI is InChI=1S/C17H26O3S/c1-3-4-10-21(18,19)13-14(2)16-6-5-7-17(11-16)20-12-15-8-9-15/h5-7,11,14-15H,3-4,8-10,12-13H2,1-2H3/t14-/m0/s1. The van der Waals surface area contributed by atoms with Crippen molar-refractivity contribution >= 4 is 9.84 Å². The van der Waals surface area contributed by atoms with Gasteiger partial charge < -0.3 is 4.74 Å². The van der Waals surface area contributed by atoms with Crippen LogP contribution in [0.3, 0.4) is 0 Å². The van der Waals surface area contributed by atoms with Crippen LogP contribution in [0.2, 0.25) is 0 Å². The molecule has 21 heavy (non-hydrogen) atoms. The fourth-order valence-electron chi connectivity index (χ4n) is 2.33. The van der Waals surface area contributed by atoms with Gasteiger partial charge in [0.25, 0.3) is 0 Å². The van der Waals surface area contributed by atoms with Crippen LogP contribution in [-0.4, -0.2) is 26.5 Å². The van der Waals surface area contributed by atoms with Gasteiger partial charge in [-0.25, -0.2) is 8.42 Å². The summed E-state index contributed by atoms with van der Waals surface area (Å²) in [5, 5.41) is 0. The van der Waals surface area contributed by atoms with E-state index in [2.05, 4.69) is 0 Å². The molecule has 0 spiro atoms. The SMILES string of the molecule is CCCCS(=O)(=O)C[C@H](C)c1cccc(OCC2CC2)c1. The van der Waals surface area contributed by atoms with Crippen LogP contribution in [0.1, 0.15) is 51.0 Å². The summed E-state index contributed by atoms with van der Waals surface area (Å²) < 4.78 is 29.9. The van der Waals surface area contributed by atoms with Crippen molar-refractivity contribution < 1.29 is 13.2 Å². The van der Waals surface area contributed by atoms with Crippen molar-refractivity contribution in [1.82, 2.24) is 0 Å². The summed E-state index contributed by atoms with van der Waals surface area (Å²) in [4.78, 5) is 0. The third-order valence-corrected chi connectivity index (χ3v) is 5.84. The van der Waals surface area contributed by atoms with E-state index in [4.69, 9.17) is 4.74 Å². The molecule has 118 valence electrons. The first-order valence-electron chi connectivity index (χ1n) is 7.93. The topological polar surface area (TPSA) is 43.4 Å². The Hall–Kier alpha value is -1.03. The quantitative estimate of drug-likeness (QED) is 0.697. The molecule has 0 bridgehead atoms. The minimum atomic E-state index is -2.96. The van der Waals surface area contributed by atoms with Gasteiger partial charge in [0.05, 0.1) is 18.1 Å². The van der Waals surface area contributed by atoms with Crippen molar-refractivity contribution in [3.63, 3.8) is 0 Å². The maximum atomic E-state index is 12.1. The highest BCUT2D eigenvalue weighted by atomic mass is 32.2. The van der Waals surface area contributed by atoms with Crippen LogP contribution in [-0.2, 0) is 9.84 Å². The Balaban J connectivity index is 1.94. The first kappa shape index (κ1) is 16.3. The van der Waals surface area contributed by atoms with Gasteiger partial charge >= 0.3 is 0 Å². The highest BCUT2D eigenvalue weighted by Gasteiger charge is 2.22. The lowest BCUT2D eigenvalue weighted by atomic mass is 10.0. The molecule has 0 aliphatic heterocycles. The number of hydrogen-bond donors (Lipinski definition) is 0. The normalized spacial score (nSPS) is 16.7. The molecule has 0 N–H and O–H groups in total. The van der Waals surface area contributed by atoms with Crippen molar-refractivity contribution in [2.45, 2.75) is 45.4 Å². The number of hydrogen-bond acceptors (Lipinski definition) is 3. The fraction of sp³-hybridized carbons (Fsp3) is 0.647. The molecular formula is C17H26O3S. The van der Waals surface area contributed by atoms with Crippen LogP contribution in [0.5, 0.6) is 5.75 Å². The van der Waals surface area contributed by atoms with Gasteiger partial charge in [0, 0.05) is 0 Å². The Morgan fingerprint density at radius 2 is 2.10 bits per heavy atom. The zero-order valence-corrected chi connectivity index (χ0v) is 13.9. The Labute approximate surface area is 128 Å². The number of unbranched alkanes of at least 4 members (excludes halogenated alkanes) is 1. The first-order valence-corrected chi connectivity index (χ1v) is 9.75. The molecule has 3 nitrogen and oxygen atoms in total. The summed E-state index contributed by atoms with van der Waals surface area (Å²) in [5.74, 6) is 2.11. The van der Waals surface area contributed by atoms with Gasteiger partial charge in [-0.3, -0.25) is 0 Å². The molecule has 1 aromatic rings. The second-order valence-electron chi connectivity index (χ2n) is 6.20. The lowest BCUT2D eigenvalue weighted by Gasteiger charge is -2.14. The average Bonchev–Trinajstić information content (AvgIpc) is 3.27.